The van der Waals surface area contributed by atoms with E-state index in [4.69, 9.17) is 10.5 Å². The van der Waals surface area contributed by atoms with Crippen molar-refractivity contribution >= 4 is 11.9 Å². The number of ether oxygens (including phenoxy) is 1. The van der Waals surface area contributed by atoms with Crippen molar-refractivity contribution in [2.45, 2.75) is 89.6 Å². The molecule has 0 unspecified atom stereocenters. The molecule has 0 saturated heterocycles. The molecule has 1 amide bonds. The van der Waals surface area contributed by atoms with Gasteiger partial charge in [0.05, 0.1) is 11.6 Å². The molecule has 0 aromatic heterocycles. The van der Waals surface area contributed by atoms with E-state index >= 15 is 0 Å². The van der Waals surface area contributed by atoms with E-state index in [1.807, 2.05) is 13.8 Å². The minimum Gasteiger partial charge on any atom is -0.461 e. The number of rotatable bonds is 8. The molecule has 31 heavy (non-hydrogen) atoms. The summed E-state index contributed by atoms with van der Waals surface area (Å²) in [6, 6.07) is 2.78. The Morgan fingerprint density at radius 3 is 2.19 bits per heavy atom. The Hall–Kier alpha value is -2.09. The summed E-state index contributed by atoms with van der Waals surface area (Å²) in [5.41, 5.74) is 5.67. The van der Waals surface area contributed by atoms with Gasteiger partial charge in [-0.1, -0.05) is 38.8 Å². The predicted molar refractivity (Wildman–Crippen MR) is 112 cm³/mol. The van der Waals surface area contributed by atoms with Gasteiger partial charge in [0.1, 0.15) is 12.1 Å². The molecule has 1 aromatic carbocycles. The van der Waals surface area contributed by atoms with Gasteiger partial charge in [0.15, 0.2) is 0 Å². The molecule has 174 valence electrons. The summed E-state index contributed by atoms with van der Waals surface area (Å²) < 4.78 is 44.1. The number of benzene rings is 1. The number of esters is 1. The van der Waals surface area contributed by atoms with Crippen LogP contribution in [0.3, 0.4) is 0 Å². The second-order valence-corrected chi connectivity index (χ2v) is 8.75. The maximum atomic E-state index is 12.9. The smallest absolute Gasteiger partial charge is 0.416 e. The third-order valence-corrected chi connectivity index (χ3v) is 5.47. The molecule has 5 nitrogen and oxygen atoms in total. The van der Waals surface area contributed by atoms with Crippen molar-refractivity contribution in [3.63, 3.8) is 0 Å². The molecule has 3 N–H and O–H groups in total. The van der Waals surface area contributed by atoms with E-state index in [-0.39, 0.29) is 18.4 Å². The first kappa shape index (κ1) is 25.2. The number of amides is 1. The van der Waals surface area contributed by atoms with Crippen LogP contribution in [0.25, 0.3) is 0 Å². The predicted octanol–water partition coefficient (Wildman–Crippen LogP) is 4.37. The van der Waals surface area contributed by atoms with Crippen LogP contribution < -0.4 is 11.1 Å². The maximum Gasteiger partial charge on any atom is 0.416 e. The Labute approximate surface area is 181 Å². The van der Waals surface area contributed by atoms with Crippen LogP contribution in [-0.2, 0) is 26.9 Å². The number of alkyl halides is 3. The Kier molecular flexibility index (Phi) is 9.34. The lowest BCUT2D eigenvalue weighted by atomic mass is 10.0. The second kappa shape index (κ2) is 11.5. The van der Waals surface area contributed by atoms with Crippen LogP contribution in [0.15, 0.2) is 24.3 Å². The van der Waals surface area contributed by atoms with Crippen LogP contribution in [0, 0.1) is 5.92 Å². The molecule has 1 saturated carbocycles. The summed E-state index contributed by atoms with van der Waals surface area (Å²) in [7, 11) is 0. The van der Waals surface area contributed by atoms with Gasteiger partial charge in [-0.2, -0.15) is 13.2 Å². The highest BCUT2D eigenvalue weighted by molar-refractivity contribution is 5.87. The quantitative estimate of drug-likeness (QED) is 0.463. The average molecular weight is 443 g/mol. The van der Waals surface area contributed by atoms with Gasteiger partial charge >= 0.3 is 12.1 Å². The van der Waals surface area contributed by atoms with Crippen LogP contribution in [0.4, 0.5) is 13.2 Å². The summed E-state index contributed by atoms with van der Waals surface area (Å²) in [5, 5.41) is 2.66. The summed E-state index contributed by atoms with van der Waals surface area (Å²) >= 11 is 0. The Morgan fingerprint density at radius 1 is 1.10 bits per heavy atom. The molecular formula is C23H33F3N2O3. The molecule has 0 bridgehead atoms. The van der Waals surface area contributed by atoms with E-state index in [9.17, 15) is 22.8 Å². The van der Waals surface area contributed by atoms with E-state index in [0.29, 0.717) is 12.0 Å². The van der Waals surface area contributed by atoms with Crippen molar-refractivity contribution in [3.05, 3.63) is 35.4 Å². The van der Waals surface area contributed by atoms with Gasteiger partial charge in [0.25, 0.3) is 0 Å². The van der Waals surface area contributed by atoms with Gasteiger partial charge in [-0.15, -0.1) is 0 Å². The molecule has 0 spiro atoms. The lowest BCUT2D eigenvalue weighted by Gasteiger charge is -2.24. The molecule has 0 radical (unpaired) electrons. The lowest BCUT2D eigenvalue weighted by molar-refractivity contribution is -0.153. The third-order valence-electron chi connectivity index (χ3n) is 5.47. The Bertz CT molecular complexity index is 712. The molecule has 8 heteroatoms. The van der Waals surface area contributed by atoms with Gasteiger partial charge in [-0.25, -0.2) is 4.79 Å². The van der Waals surface area contributed by atoms with Gasteiger partial charge in [-0.3, -0.25) is 4.79 Å². The normalized spacial score (nSPS) is 17.6. The largest absolute Gasteiger partial charge is 0.461 e. The molecule has 2 rings (SSSR count). The SMILES string of the molecule is CC(C)C[C@H](N)C(=O)N[C@@H](Cc1ccc(C(F)(F)F)cc1)C(=O)OC1CCCCCC1. The number of carbonyl (C=O) groups is 2. The molecular weight excluding hydrogens is 409 g/mol. The van der Waals surface area contributed by atoms with Crippen LogP contribution in [0.1, 0.15) is 69.9 Å². The number of nitrogens with two attached hydrogens (primary N) is 1. The summed E-state index contributed by atoms with van der Waals surface area (Å²) in [6.07, 6.45) is 1.56. The fourth-order valence-corrected chi connectivity index (χ4v) is 3.76. The van der Waals surface area contributed by atoms with Crippen molar-refractivity contribution in [2.75, 3.05) is 0 Å². The minimum absolute atomic E-state index is 0.0316. The molecule has 0 aliphatic heterocycles. The van der Waals surface area contributed by atoms with Crippen molar-refractivity contribution in [3.8, 4) is 0 Å². The standard InChI is InChI=1S/C23H33F3N2O3/c1-15(2)13-19(27)21(29)28-20(22(30)31-18-7-5-3-4-6-8-18)14-16-9-11-17(12-10-16)23(24,25)26/h9-12,15,18-20H,3-8,13-14,27H2,1-2H3,(H,28,29)/t19-,20-/m0/s1. The zero-order chi connectivity index (χ0) is 23.0. The second-order valence-electron chi connectivity index (χ2n) is 8.75. The molecule has 1 aromatic rings. The molecule has 1 aliphatic rings. The summed E-state index contributed by atoms with van der Waals surface area (Å²) in [4.78, 5) is 25.4. The van der Waals surface area contributed by atoms with Crippen LogP contribution in [-0.4, -0.2) is 30.1 Å². The molecule has 1 fully saturated rings. The fraction of sp³-hybridized carbons (Fsp3) is 0.652. The van der Waals surface area contributed by atoms with E-state index < -0.39 is 35.7 Å². The van der Waals surface area contributed by atoms with Gasteiger partial charge in [-0.05, 0) is 55.7 Å². The number of carbonyl (C=O) groups excluding carboxylic acids is 2. The Balaban J connectivity index is 2.12. The highest BCUT2D eigenvalue weighted by atomic mass is 19.4. The molecule has 1 aliphatic carbocycles. The van der Waals surface area contributed by atoms with E-state index in [2.05, 4.69) is 5.32 Å². The summed E-state index contributed by atoms with van der Waals surface area (Å²) in [6.45, 7) is 3.88. The van der Waals surface area contributed by atoms with Gasteiger partial charge in [0.2, 0.25) is 5.91 Å². The number of hydrogen-bond donors (Lipinski definition) is 2. The maximum absolute atomic E-state index is 12.9. The van der Waals surface area contributed by atoms with E-state index in [1.54, 1.807) is 0 Å². The zero-order valence-corrected chi connectivity index (χ0v) is 18.2. The van der Waals surface area contributed by atoms with Crippen molar-refractivity contribution in [1.29, 1.82) is 0 Å². The van der Waals surface area contributed by atoms with Crippen LogP contribution in [0.5, 0.6) is 0 Å². The first-order valence-corrected chi connectivity index (χ1v) is 11.0. The highest BCUT2D eigenvalue weighted by Gasteiger charge is 2.31. The van der Waals surface area contributed by atoms with Gasteiger partial charge < -0.3 is 15.8 Å². The lowest BCUT2D eigenvalue weighted by Crippen LogP contribution is -2.50. The van der Waals surface area contributed by atoms with Crippen molar-refractivity contribution in [1.82, 2.24) is 5.32 Å². The molecule has 0 heterocycles. The minimum atomic E-state index is -4.44. The van der Waals surface area contributed by atoms with E-state index in [0.717, 1.165) is 50.7 Å². The number of nitrogens with one attached hydrogen (secondary N) is 1. The summed E-state index contributed by atoms with van der Waals surface area (Å²) in [5.74, 6) is -0.840. The monoisotopic (exact) mass is 442 g/mol. The van der Waals surface area contributed by atoms with E-state index in [1.165, 1.54) is 12.1 Å². The van der Waals surface area contributed by atoms with Crippen molar-refractivity contribution in [2.24, 2.45) is 11.7 Å². The highest BCUT2D eigenvalue weighted by Crippen LogP contribution is 2.29. The van der Waals surface area contributed by atoms with Gasteiger partial charge in [0, 0.05) is 6.42 Å². The topological polar surface area (TPSA) is 81.4 Å². The molecule has 2 atom stereocenters. The number of halogens is 3. The first-order chi connectivity index (χ1) is 14.6. The fourth-order valence-electron chi connectivity index (χ4n) is 3.76. The zero-order valence-electron chi connectivity index (χ0n) is 18.2. The first-order valence-electron chi connectivity index (χ1n) is 11.0. The number of hydrogen-bond acceptors (Lipinski definition) is 4. The van der Waals surface area contributed by atoms with Crippen molar-refractivity contribution < 1.29 is 27.5 Å². The third kappa shape index (κ3) is 8.51. The van der Waals surface area contributed by atoms with Crippen LogP contribution >= 0.6 is 0 Å². The average Bonchev–Trinajstić information content (AvgIpc) is 2.95. The van der Waals surface area contributed by atoms with Crippen LogP contribution in [0.2, 0.25) is 0 Å². The Morgan fingerprint density at radius 2 is 1.68 bits per heavy atom.